The molecule has 3 N–H and O–H groups in total. The van der Waals surface area contributed by atoms with Crippen molar-refractivity contribution in [2.45, 2.75) is 19.5 Å². The fourth-order valence-electron chi connectivity index (χ4n) is 1.63. The highest BCUT2D eigenvalue weighted by atomic mass is 19.4. The molecule has 6 heteroatoms. The second-order valence-corrected chi connectivity index (χ2v) is 4.79. The zero-order valence-corrected chi connectivity index (χ0v) is 12.7. The number of carbonyl (C=O) groups excluding carboxylic acids is 1. The number of alkyl halides is 3. The first-order valence-electron chi connectivity index (χ1n) is 7.08. The third kappa shape index (κ3) is 5.75. The molecular weight excluding hydrogens is 307 g/mol. The Bertz CT molecular complexity index is 692. The summed E-state index contributed by atoms with van der Waals surface area (Å²) in [5, 5.41) is 13.2. The maximum Gasteiger partial charge on any atom is 0.454 e. The molecule has 0 aliphatic heterocycles. The predicted molar refractivity (Wildman–Crippen MR) is 81.0 cm³/mol. The molecule has 0 aromatic heterocycles. The van der Waals surface area contributed by atoms with Crippen LogP contribution in [0.1, 0.15) is 18.9 Å². The summed E-state index contributed by atoms with van der Waals surface area (Å²) >= 11 is 0. The van der Waals surface area contributed by atoms with Crippen LogP contribution >= 0.6 is 0 Å². The molecule has 0 bridgehead atoms. The van der Waals surface area contributed by atoms with Crippen molar-refractivity contribution in [2.24, 2.45) is 0 Å². The van der Waals surface area contributed by atoms with Crippen molar-refractivity contribution in [3.05, 3.63) is 54.1 Å². The summed E-state index contributed by atoms with van der Waals surface area (Å²) in [5.74, 6) is -3.10. The van der Waals surface area contributed by atoms with Crippen LogP contribution in [-0.4, -0.2) is 18.5 Å². The Hall–Kier alpha value is -2.34. The molecule has 0 spiro atoms. The van der Waals surface area contributed by atoms with Crippen LogP contribution in [0.25, 0.3) is 16.5 Å². The van der Waals surface area contributed by atoms with Gasteiger partial charge in [0.25, 0.3) is 5.78 Å². The Morgan fingerprint density at radius 3 is 2.26 bits per heavy atom. The molecule has 0 heterocycles. The van der Waals surface area contributed by atoms with Crippen molar-refractivity contribution in [1.82, 2.24) is 0 Å². The minimum absolute atomic E-state index is 0.0521. The molecular formula is C17H18F3NO2. The van der Waals surface area contributed by atoms with E-state index in [0.717, 1.165) is 17.3 Å². The van der Waals surface area contributed by atoms with E-state index in [0.29, 0.717) is 0 Å². The molecule has 0 amide bonds. The fourth-order valence-corrected chi connectivity index (χ4v) is 1.63. The van der Waals surface area contributed by atoms with Crippen LogP contribution in [0.15, 0.2) is 48.5 Å². The van der Waals surface area contributed by atoms with Crippen LogP contribution < -0.4 is 10.8 Å². The molecule has 124 valence electrons. The number of ketones is 1. The lowest BCUT2D eigenvalue weighted by Crippen LogP contribution is -2.49. The summed E-state index contributed by atoms with van der Waals surface area (Å²) in [7, 11) is 0. The van der Waals surface area contributed by atoms with Crippen molar-refractivity contribution in [2.75, 3.05) is 6.54 Å². The Labute approximate surface area is 132 Å². The Balaban J connectivity index is 0.000000593. The number of fused-ring (bicyclic) bond motifs is 1. The van der Waals surface area contributed by atoms with E-state index >= 15 is 0 Å². The van der Waals surface area contributed by atoms with Crippen LogP contribution in [0.3, 0.4) is 0 Å². The normalized spacial score (nSPS) is 11.8. The van der Waals surface area contributed by atoms with Gasteiger partial charge in [0.05, 0.1) is 6.54 Å². The minimum atomic E-state index is -5.02. The number of benzene rings is 2. The third-order valence-electron chi connectivity index (χ3n) is 2.93. The molecule has 0 atom stereocenters. The van der Waals surface area contributed by atoms with Gasteiger partial charge < -0.3 is 10.8 Å². The first-order valence-corrected chi connectivity index (χ1v) is 7.08. The number of allylic oxidation sites excluding steroid dienone is 1. The summed E-state index contributed by atoms with van der Waals surface area (Å²) < 4.78 is 36.1. The highest BCUT2D eigenvalue weighted by Crippen LogP contribution is 2.21. The van der Waals surface area contributed by atoms with Crippen LogP contribution in [0.2, 0.25) is 0 Å². The molecule has 0 unspecified atom stereocenters. The monoisotopic (exact) mass is 325 g/mol. The number of rotatable bonds is 3. The second-order valence-electron chi connectivity index (χ2n) is 4.79. The number of carbonyl (C=O) groups is 1. The second kappa shape index (κ2) is 8.33. The number of quaternary nitrogens is 1. The van der Waals surface area contributed by atoms with Gasteiger partial charge in [-0.15, -0.1) is 0 Å². The van der Waals surface area contributed by atoms with E-state index in [-0.39, 0.29) is 11.6 Å². The van der Waals surface area contributed by atoms with E-state index in [1.54, 1.807) is 18.2 Å². The first-order chi connectivity index (χ1) is 10.8. The zero-order chi connectivity index (χ0) is 17.5. The van der Waals surface area contributed by atoms with Crippen LogP contribution in [-0.2, 0) is 4.79 Å². The molecule has 0 saturated carbocycles. The van der Waals surface area contributed by atoms with Crippen molar-refractivity contribution >= 4 is 22.3 Å². The van der Waals surface area contributed by atoms with E-state index in [9.17, 15) is 23.1 Å². The molecule has 0 radical (unpaired) electrons. The van der Waals surface area contributed by atoms with Gasteiger partial charge in [-0.2, -0.15) is 13.2 Å². The van der Waals surface area contributed by atoms with Gasteiger partial charge >= 0.3 is 6.18 Å². The molecule has 0 aliphatic rings. The van der Waals surface area contributed by atoms with Gasteiger partial charge in [0.2, 0.25) is 0 Å². The van der Waals surface area contributed by atoms with Crippen LogP contribution in [0, 0.1) is 0 Å². The summed E-state index contributed by atoms with van der Waals surface area (Å²) in [4.78, 5) is 10.7. The number of hydrogen-bond acceptors (Lipinski definition) is 2. The summed E-state index contributed by atoms with van der Waals surface area (Å²) in [6, 6.07) is 11.6. The average Bonchev–Trinajstić information content (AvgIpc) is 2.53. The van der Waals surface area contributed by atoms with Crippen molar-refractivity contribution in [3.63, 3.8) is 0 Å². The van der Waals surface area contributed by atoms with Gasteiger partial charge in [-0.05, 0) is 34.9 Å². The van der Waals surface area contributed by atoms with Crippen LogP contribution in [0.4, 0.5) is 13.2 Å². The molecule has 0 aliphatic carbocycles. The van der Waals surface area contributed by atoms with E-state index in [1.807, 2.05) is 12.1 Å². The maximum absolute atomic E-state index is 12.0. The zero-order valence-electron chi connectivity index (χ0n) is 12.7. The maximum atomic E-state index is 12.0. The van der Waals surface area contributed by atoms with E-state index < -0.39 is 17.7 Å². The summed E-state index contributed by atoms with van der Waals surface area (Å²) in [6.45, 7) is 3.19. The summed E-state index contributed by atoms with van der Waals surface area (Å²) in [5.41, 5.74) is 3.66. The van der Waals surface area contributed by atoms with Crippen molar-refractivity contribution in [3.8, 4) is 0 Å². The minimum Gasteiger partial charge on any atom is -0.872 e. The molecule has 0 saturated heterocycles. The highest BCUT2D eigenvalue weighted by Gasteiger charge is 2.36. The molecule has 3 nitrogen and oxygen atoms in total. The SMILES string of the molecule is CCC[NH3+].O=C(/C=C(\[O-])c1ccc2ccccc2c1)C(F)(F)F. The fraction of sp³-hybridized carbons (Fsp3) is 0.235. The molecule has 2 aromatic carbocycles. The van der Waals surface area contributed by atoms with E-state index in [2.05, 4.69) is 12.7 Å². The van der Waals surface area contributed by atoms with Crippen molar-refractivity contribution < 1.29 is 28.8 Å². The lowest BCUT2D eigenvalue weighted by Gasteiger charge is -2.13. The standard InChI is InChI=1S/C14H9F3O2.C3H9N/c15-14(16,17)13(19)8-12(18)11-6-5-9-3-1-2-4-10(9)7-11;1-2-3-4/h1-8,18H;2-4H2,1H3/b12-8-;. The first kappa shape index (κ1) is 18.7. The summed E-state index contributed by atoms with van der Waals surface area (Å²) in [6.07, 6.45) is -3.74. The number of halogens is 3. The Morgan fingerprint density at radius 2 is 1.74 bits per heavy atom. The number of hydrogen-bond donors (Lipinski definition) is 1. The van der Waals surface area contributed by atoms with Gasteiger partial charge in [-0.3, -0.25) is 4.79 Å². The van der Waals surface area contributed by atoms with Gasteiger partial charge in [0.15, 0.2) is 0 Å². The average molecular weight is 325 g/mol. The van der Waals surface area contributed by atoms with Crippen molar-refractivity contribution in [1.29, 1.82) is 0 Å². The van der Waals surface area contributed by atoms with Gasteiger partial charge in [0, 0.05) is 0 Å². The van der Waals surface area contributed by atoms with Crippen LogP contribution in [0.5, 0.6) is 0 Å². The quantitative estimate of drug-likeness (QED) is 0.695. The largest absolute Gasteiger partial charge is 0.872 e. The Kier molecular flexibility index (Phi) is 6.78. The van der Waals surface area contributed by atoms with Gasteiger partial charge in [-0.1, -0.05) is 49.1 Å². The van der Waals surface area contributed by atoms with E-state index in [1.165, 1.54) is 18.6 Å². The molecule has 0 fully saturated rings. The molecule has 2 rings (SSSR count). The predicted octanol–water partition coefficient (Wildman–Crippen LogP) is 2.31. The lowest BCUT2D eigenvalue weighted by molar-refractivity contribution is -0.367. The molecule has 23 heavy (non-hydrogen) atoms. The molecule has 2 aromatic rings. The lowest BCUT2D eigenvalue weighted by atomic mass is 10.1. The third-order valence-corrected chi connectivity index (χ3v) is 2.93. The van der Waals surface area contributed by atoms with Gasteiger partial charge in [-0.25, -0.2) is 0 Å². The topological polar surface area (TPSA) is 67.8 Å². The van der Waals surface area contributed by atoms with Gasteiger partial charge in [0.1, 0.15) is 0 Å². The Morgan fingerprint density at radius 1 is 1.17 bits per heavy atom. The smallest absolute Gasteiger partial charge is 0.454 e. The highest BCUT2D eigenvalue weighted by molar-refractivity contribution is 5.99. The van der Waals surface area contributed by atoms with E-state index in [4.69, 9.17) is 0 Å².